The third kappa shape index (κ3) is 4.16. The number of aliphatic hydroxyl groups excluding tert-OH is 1. The lowest BCUT2D eigenvalue weighted by Crippen LogP contribution is -2.29. The summed E-state index contributed by atoms with van der Waals surface area (Å²) >= 11 is 1.29. The number of aliphatic hydroxyl groups is 1. The van der Waals surface area contributed by atoms with Crippen LogP contribution < -0.4 is 9.64 Å². The third-order valence-corrected chi connectivity index (χ3v) is 6.86. The van der Waals surface area contributed by atoms with Gasteiger partial charge in [-0.1, -0.05) is 42.2 Å². The van der Waals surface area contributed by atoms with Crippen LogP contribution in [0.25, 0.3) is 16.0 Å². The summed E-state index contributed by atoms with van der Waals surface area (Å²) in [5.74, 6) is -2.03. The first-order valence-electron chi connectivity index (χ1n) is 11.1. The maximum Gasteiger partial charge on any atom is 0.301 e. The molecule has 0 bridgehead atoms. The Balaban J connectivity index is 1.71. The highest BCUT2D eigenvalue weighted by Crippen LogP contribution is 2.44. The fourth-order valence-corrected chi connectivity index (χ4v) is 5.25. The van der Waals surface area contributed by atoms with Crippen LogP contribution in [0.15, 0.2) is 85.0 Å². The van der Waals surface area contributed by atoms with Gasteiger partial charge in [0.15, 0.2) is 5.13 Å². The van der Waals surface area contributed by atoms with Crippen molar-refractivity contribution in [3.05, 3.63) is 107 Å². The van der Waals surface area contributed by atoms with Gasteiger partial charge in [0.05, 0.1) is 21.8 Å². The van der Waals surface area contributed by atoms with E-state index >= 15 is 0 Å². The van der Waals surface area contributed by atoms with Crippen LogP contribution in [-0.4, -0.2) is 28.4 Å². The lowest BCUT2D eigenvalue weighted by molar-refractivity contribution is -0.132. The van der Waals surface area contributed by atoms with Gasteiger partial charge in [-0.2, -0.15) is 0 Å². The summed E-state index contributed by atoms with van der Waals surface area (Å²) in [6.45, 7) is 5.89. The molecule has 1 fully saturated rings. The van der Waals surface area contributed by atoms with Gasteiger partial charge in [0.2, 0.25) is 0 Å². The standard InChI is InChI=1S/C28H21FN2O4S/c1-3-13-35-20-6-4-5-18(15-20)24-23(25(32)17-8-10-19(29)11-9-17)26(33)27(34)31(24)28-30-21-12-7-16(2)14-22(21)36-28/h3-12,14-15,24,32H,1,13H2,2H3/t24-/m0/s1. The van der Waals surface area contributed by atoms with Crippen LogP contribution in [-0.2, 0) is 9.59 Å². The molecule has 1 aromatic heterocycles. The summed E-state index contributed by atoms with van der Waals surface area (Å²) in [4.78, 5) is 32.6. The number of anilines is 1. The minimum absolute atomic E-state index is 0.108. The van der Waals surface area contributed by atoms with Crippen LogP contribution in [0.3, 0.4) is 0 Å². The lowest BCUT2D eigenvalue weighted by atomic mass is 9.95. The summed E-state index contributed by atoms with van der Waals surface area (Å²) in [5.41, 5.74) is 2.40. The van der Waals surface area contributed by atoms with E-state index in [0.717, 1.165) is 10.3 Å². The summed E-state index contributed by atoms with van der Waals surface area (Å²) < 4.78 is 20.0. The molecule has 1 amide bonds. The van der Waals surface area contributed by atoms with E-state index in [0.29, 0.717) is 22.0 Å². The normalized spacial score (nSPS) is 17.1. The average Bonchev–Trinajstić information content (AvgIpc) is 3.40. The van der Waals surface area contributed by atoms with Crippen LogP contribution in [0.4, 0.5) is 9.52 Å². The number of aryl methyl sites for hydroxylation is 1. The van der Waals surface area contributed by atoms with Crippen molar-refractivity contribution in [1.82, 2.24) is 4.98 Å². The summed E-state index contributed by atoms with van der Waals surface area (Å²) in [7, 11) is 0. The van der Waals surface area contributed by atoms with Crippen molar-refractivity contribution in [3.63, 3.8) is 0 Å². The molecule has 1 saturated heterocycles. The van der Waals surface area contributed by atoms with Gasteiger partial charge in [-0.3, -0.25) is 14.5 Å². The Labute approximate surface area is 210 Å². The minimum Gasteiger partial charge on any atom is -0.507 e. The van der Waals surface area contributed by atoms with Gasteiger partial charge in [0, 0.05) is 5.56 Å². The Morgan fingerprint density at radius 2 is 1.94 bits per heavy atom. The molecular weight excluding hydrogens is 479 g/mol. The number of rotatable bonds is 6. The van der Waals surface area contributed by atoms with Gasteiger partial charge >= 0.3 is 5.91 Å². The summed E-state index contributed by atoms with van der Waals surface area (Å²) in [6, 6.07) is 16.8. The number of fused-ring (bicyclic) bond motifs is 1. The Hall–Kier alpha value is -4.30. The van der Waals surface area contributed by atoms with Crippen LogP contribution in [0.5, 0.6) is 5.75 Å². The fourth-order valence-electron chi connectivity index (χ4n) is 4.16. The average molecular weight is 501 g/mol. The third-order valence-electron chi connectivity index (χ3n) is 5.84. The predicted molar refractivity (Wildman–Crippen MR) is 138 cm³/mol. The van der Waals surface area contributed by atoms with Gasteiger partial charge in [0.1, 0.15) is 23.9 Å². The van der Waals surface area contributed by atoms with Crippen molar-refractivity contribution < 1.29 is 23.8 Å². The predicted octanol–water partition coefficient (Wildman–Crippen LogP) is 5.93. The molecule has 3 aromatic carbocycles. The number of amides is 1. The monoisotopic (exact) mass is 500 g/mol. The molecule has 0 saturated carbocycles. The van der Waals surface area contributed by atoms with Gasteiger partial charge < -0.3 is 9.84 Å². The van der Waals surface area contributed by atoms with Crippen LogP contribution >= 0.6 is 11.3 Å². The Morgan fingerprint density at radius 1 is 1.17 bits per heavy atom. The maximum absolute atomic E-state index is 13.5. The second kappa shape index (κ2) is 9.39. The first kappa shape index (κ1) is 23.4. The number of nitrogens with zero attached hydrogens (tertiary/aromatic N) is 2. The summed E-state index contributed by atoms with van der Waals surface area (Å²) in [6.07, 6.45) is 1.61. The molecule has 2 heterocycles. The van der Waals surface area contributed by atoms with E-state index in [-0.39, 0.29) is 17.7 Å². The van der Waals surface area contributed by atoms with E-state index in [1.807, 2.05) is 25.1 Å². The number of hydrogen-bond donors (Lipinski definition) is 1. The molecule has 1 aliphatic heterocycles. The number of halogens is 1. The number of carbonyl (C=O) groups excluding carboxylic acids is 2. The zero-order chi connectivity index (χ0) is 25.4. The Bertz CT molecular complexity index is 1540. The number of ether oxygens (including phenoxy) is 1. The zero-order valence-electron chi connectivity index (χ0n) is 19.3. The number of Topliss-reactive ketones (excluding diaryl/α,β-unsaturated/α-hetero) is 1. The minimum atomic E-state index is -0.969. The highest BCUT2D eigenvalue weighted by Gasteiger charge is 2.48. The molecule has 8 heteroatoms. The van der Waals surface area contributed by atoms with E-state index in [9.17, 15) is 19.1 Å². The number of thiazole rings is 1. The van der Waals surface area contributed by atoms with E-state index in [2.05, 4.69) is 11.6 Å². The van der Waals surface area contributed by atoms with Gasteiger partial charge in [-0.15, -0.1) is 0 Å². The molecule has 0 unspecified atom stereocenters. The molecule has 1 N–H and O–H groups in total. The van der Waals surface area contributed by atoms with Crippen molar-refractivity contribution in [2.75, 3.05) is 11.5 Å². The van der Waals surface area contributed by atoms with Crippen molar-refractivity contribution in [2.24, 2.45) is 0 Å². The first-order chi connectivity index (χ1) is 17.4. The number of hydrogen-bond acceptors (Lipinski definition) is 6. The van der Waals surface area contributed by atoms with E-state index in [1.54, 1.807) is 30.3 Å². The SMILES string of the molecule is C=CCOc1cccc([C@H]2C(=C(O)c3ccc(F)cc3)C(=O)C(=O)N2c2nc3ccc(C)cc3s2)c1. The van der Waals surface area contributed by atoms with Crippen molar-refractivity contribution >= 4 is 44.1 Å². The number of ketones is 1. The van der Waals surface area contributed by atoms with E-state index in [1.165, 1.54) is 40.5 Å². The van der Waals surface area contributed by atoms with Crippen molar-refractivity contribution in [2.45, 2.75) is 13.0 Å². The smallest absolute Gasteiger partial charge is 0.301 e. The first-order valence-corrected chi connectivity index (χ1v) is 12.0. The summed E-state index contributed by atoms with van der Waals surface area (Å²) in [5, 5.41) is 11.5. The topological polar surface area (TPSA) is 79.7 Å². The van der Waals surface area contributed by atoms with E-state index in [4.69, 9.17) is 4.74 Å². The number of benzene rings is 3. The van der Waals surface area contributed by atoms with Gasteiger partial charge in [0.25, 0.3) is 5.78 Å². The largest absolute Gasteiger partial charge is 0.507 e. The van der Waals surface area contributed by atoms with Crippen molar-refractivity contribution in [3.8, 4) is 5.75 Å². The molecule has 4 aromatic rings. The molecule has 5 rings (SSSR count). The van der Waals surface area contributed by atoms with Gasteiger partial charge in [-0.25, -0.2) is 9.37 Å². The number of aromatic nitrogens is 1. The molecule has 0 aliphatic carbocycles. The Kier molecular flexibility index (Phi) is 6.12. The molecule has 36 heavy (non-hydrogen) atoms. The fraction of sp³-hybridized carbons (Fsp3) is 0.107. The van der Waals surface area contributed by atoms with Crippen LogP contribution in [0, 0.1) is 12.7 Å². The molecule has 0 spiro atoms. The Morgan fingerprint density at radius 3 is 2.69 bits per heavy atom. The number of carbonyl (C=O) groups is 2. The molecular formula is C28H21FN2O4S. The lowest BCUT2D eigenvalue weighted by Gasteiger charge is -2.23. The highest BCUT2D eigenvalue weighted by atomic mass is 32.1. The molecule has 1 atom stereocenters. The van der Waals surface area contributed by atoms with Crippen molar-refractivity contribution in [1.29, 1.82) is 0 Å². The molecule has 180 valence electrons. The highest BCUT2D eigenvalue weighted by molar-refractivity contribution is 7.22. The van der Waals surface area contributed by atoms with Crippen LogP contribution in [0.1, 0.15) is 22.7 Å². The molecule has 0 radical (unpaired) electrons. The van der Waals surface area contributed by atoms with Crippen LogP contribution in [0.2, 0.25) is 0 Å². The van der Waals surface area contributed by atoms with Gasteiger partial charge in [-0.05, 0) is 66.6 Å². The zero-order valence-corrected chi connectivity index (χ0v) is 20.1. The molecule has 6 nitrogen and oxygen atoms in total. The molecule has 1 aliphatic rings. The van der Waals surface area contributed by atoms with E-state index < -0.39 is 29.3 Å². The quantitative estimate of drug-likeness (QED) is 0.154. The second-order valence-corrected chi connectivity index (χ2v) is 9.32. The second-order valence-electron chi connectivity index (χ2n) is 8.32. The maximum atomic E-state index is 13.5.